The highest BCUT2D eigenvalue weighted by Crippen LogP contribution is 2.64. The molecule has 0 radical (unpaired) electrons. The number of halogens is 6. The van der Waals surface area contributed by atoms with Crippen LogP contribution in [0.3, 0.4) is 0 Å². The predicted octanol–water partition coefficient (Wildman–Crippen LogP) is 8.41. The summed E-state index contributed by atoms with van der Waals surface area (Å²) in [5, 5.41) is 3.35. The molecule has 3 aromatic carbocycles. The lowest BCUT2D eigenvalue weighted by Gasteiger charge is -2.40. The summed E-state index contributed by atoms with van der Waals surface area (Å²) < 4.78 is 68.0. The molecule has 1 saturated carbocycles. The molecule has 1 aromatic heterocycles. The van der Waals surface area contributed by atoms with Crippen molar-refractivity contribution < 1.29 is 36.6 Å². The molecule has 8 rings (SSSR count). The Morgan fingerprint density at radius 3 is 2.61 bits per heavy atom. The molecule has 8 nitrogen and oxygen atoms in total. The first-order valence-electron chi connectivity index (χ1n) is 15.7. The number of hydrogen-bond donors (Lipinski definition) is 1. The van der Waals surface area contributed by atoms with E-state index < -0.39 is 46.8 Å². The lowest BCUT2D eigenvalue weighted by Crippen LogP contribution is -2.53. The Morgan fingerprint density at radius 1 is 1.12 bits per heavy atom. The first-order chi connectivity index (χ1) is 22.9. The minimum absolute atomic E-state index is 0. The van der Waals surface area contributed by atoms with E-state index in [0.717, 1.165) is 18.9 Å². The van der Waals surface area contributed by atoms with Crippen LogP contribution in [0.5, 0.6) is 5.75 Å². The molecular weight excluding hydrogens is 687 g/mol. The number of imidazole rings is 1. The maximum absolute atomic E-state index is 16.3. The lowest BCUT2D eigenvalue weighted by molar-refractivity contribution is -0.274. The summed E-state index contributed by atoms with van der Waals surface area (Å²) >= 11 is 12.7. The smallest absolute Gasteiger partial charge is 0.462 e. The lowest BCUT2D eigenvalue weighted by atomic mass is 9.70. The Bertz CT molecular complexity index is 2020. The van der Waals surface area contributed by atoms with Crippen molar-refractivity contribution in [3.8, 4) is 5.75 Å². The van der Waals surface area contributed by atoms with Gasteiger partial charge in [-0.05, 0) is 61.9 Å². The van der Waals surface area contributed by atoms with Gasteiger partial charge in [0.15, 0.2) is 0 Å². The van der Waals surface area contributed by atoms with E-state index in [1.807, 2.05) is 0 Å². The first-order valence-corrected chi connectivity index (χ1v) is 16.5. The van der Waals surface area contributed by atoms with E-state index in [-0.39, 0.29) is 42.1 Å². The summed E-state index contributed by atoms with van der Waals surface area (Å²) in [7, 11) is 0. The third-order valence-electron chi connectivity index (χ3n) is 10.1. The van der Waals surface area contributed by atoms with Gasteiger partial charge in [0.05, 0.1) is 22.7 Å². The third-order valence-corrected chi connectivity index (χ3v) is 10.6. The number of aryl methyl sites for hydroxylation is 1. The average molecular weight is 720 g/mol. The standard InChI is InChI=1S/C34H28Cl2F4N4O4.CH4/c1-2-47-31(45)19-13-23-25(14-26(19)48-34(38,39)40)43-11-10-24-27(30(43)41-23)28(18-4-3-5-21(36)29(18)37)33(44(24)15-16-6-7-16)20-9-8-17(35)12-22(20)42-32(33)46;/h3-5,8-9,12-14,16,24,27-28H,2,6-7,10-11,15H2,1H3,(H,42,46);1H4/t24-,27+,28-,33+;/m0./s1. The number of likely N-dealkylation sites (tertiary alicyclic amines) is 1. The van der Waals surface area contributed by atoms with Gasteiger partial charge in [-0.15, -0.1) is 13.2 Å². The number of carbonyl (C=O) groups is 2. The van der Waals surface area contributed by atoms with Gasteiger partial charge in [0.25, 0.3) is 0 Å². The van der Waals surface area contributed by atoms with Gasteiger partial charge in [0, 0.05) is 53.3 Å². The van der Waals surface area contributed by atoms with Gasteiger partial charge >= 0.3 is 12.3 Å². The van der Waals surface area contributed by atoms with Gasteiger partial charge in [-0.2, -0.15) is 0 Å². The first kappa shape index (κ1) is 33.6. The number of nitrogens with zero attached hydrogens (tertiary/aromatic N) is 3. The van der Waals surface area contributed by atoms with Gasteiger partial charge in [-0.3, -0.25) is 9.69 Å². The molecule has 258 valence electrons. The summed E-state index contributed by atoms with van der Waals surface area (Å²) in [5.74, 6) is -3.36. The van der Waals surface area contributed by atoms with E-state index in [4.69, 9.17) is 32.9 Å². The fourth-order valence-electron chi connectivity index (χ4n) is 8.19. The molecule has 49 heavy (non-hydrogen) atoms. The Hall–Kier alpha value is -3.87. The predicted molar refractivity (Wildman–Crippen MR) is 176 cm³/mol. The topological polar surface area (TPSA) is 85.7 Å². The molecule has 4 atom stereocenters. The Labute approximate surface area is 289 Å². The van der Waals surface area contributed by atoms with E-state index in [2.05, 4.69) is 15.0 Å². The largest absolute Gasteiger partial charge is 0.573 e. The zero-order valence-corrected chi connectivity index (χ0v) is 26.9. The molecule has 14 heteroatoms. The van der Waals surface area contributed by atoms with Crippen LogP contribution in [0.2, 0.25) is 10.0 Å². The van der Waals surface area contributed by atoms with Crippen LogP contribution >= 0.6 is 23.2 Å². The van der Waals surface area contributed by atoms with Crippen LogP contribution in [0.25, 0.3) is 11.0 Å². The SMILES string of the molecule is C.CCOC(=O)c1cc2nc3n(c2cc1OC(F)(F)F)CC[C@H]1[C@@H]3[C@H](c2cccc(Cl)c2F)[C@]2(C(=O)Nc3cc(Cl)ccc32)N1CC1CC1. The fraction of sp³-hybridized carbons (Fsp3) is 0.400. The number of hydrogen-bond acceptors (Lipinski definition) is 6. The molecule has 0 bridgehead atoms. The molecule has 0 unspecified atom stereocenters. The quantitative estimate of drug-likeness (QED) is 0.159. The van der Waals surface area contributed by atoms with Crippen molar-refractivity contribution in [2.45, 2.75) is 69.9 Å². The number of rotatable bonds is 6. The molecule has 4 heterocycles. The van der Waals surface area contributed by atoms with Crippen molar-refractivity contribution in [2.75, 3.05) is 18.5 Å². The van der Waals surface area contributed by atoms with E-state index in [1.54, 1.807) is 41.8 Å². The van der Waals surface area contributed by atoms with Crippen molar-refractivity contribution in [1.29, 1.82) is 0 Å². The van der Waals surface area contributed by atoms with Crippen LogP contribution < -0.4 is 10.1 Å². The summed E-state index contributed by atoms with van der Waals surface area (Å²) in [5.41, 5.74) is 0.153. The summed E-state index contributed by atoms with van der Waals surface area (Å²) in [6, 6.07) is 12.0. The van der Waals surface area contributed by atoms with Gasteiger partial charge < -0.3 is 19.4 Å². The van der Waals surface area contributed by atoms with Gasteiger partial charge in [0.2, 0.25) is 5.91 Å². The molecule has 1 spiro atoms. The van der Waals surface area contributed by atoms with E-state index in [9.17, 15) is 22.8 Å². The van der Waals surface area contributed by atoms with Crippen LogP contribution in [0.15, 0.2) is 48.5 Å². The van der Waals surface area contributed by atoms with Crippen molar-refractivity contribution >= 4 is 51.8 Å². The van der Waals surface area contributed by atoms with Crippen LogP contribution in [0.1, 0.15) is 72.8 Å². The fourth-order valence-corrected chi connectivity index (χ4v) is 8.55. The van der Waals surface area contributed by atoms with Crippen molar-refractivity contribution in [3.05, 3.63) is 86.9 Å². The zero-order valence-electron chi connectivity index (χ0n) is 25.4. The highest BCUT2D eigenvalue weighted by atomic mass is 35.5. The third kappa shape index (κ3) is 5.17. The zero-order chi connectivity index (χ0) is 33.7. The number of nitrogens with one attached hydrogen (secondary N) is 1. The second-order valence-electron chi connectivity index (χ2n) is 12.7. The van der Waals surface area contributed by atoms with Crippen molar-refractivity contribution in [2.24, 2.45) is 5.92 Å². The number of anilines is 1. The molecule has 1 aliphatic carbocycles. The molecule has 1 amide bonds. The number of esters is 1. The second-order valence-corrected chi connectivity index (χ2v) is 13.6. The molecule has 3 aliphatic heterocycles. The van der Waals surface area contributed by atoms with Crippen LogP contribution in [-0.2, 0) is 21.6 Å². The van der Waals surface area contributed by atoms with Gasteiger partial charge in [-0.1, -0.05) is 48.8 Å². The average Bonchev–Trinajstić information content (AvgIpc) is 3.62. The van der Waals surface area contributed by atoms with E-state index >= 15 is 4.39 Å². The molecule has 4 aromatic rings. The minimum atomic E-state index is -5.08. The Balaban J connectivity index is 0.00000378. The van der Waals surface area contributed by atoms with Crippen molar-refractivity contribution in [1.82, 2.24) is 14.5 Å². The Kier molecular flexibility index (Phi) is 8.15. The second kappa shape index (κ2) is 11.9. The maximum atomic E-state index is 16.3. The highest BCUT2D eigenvalue weighted by Gasteiger charge is 2.69. The number of amides is 1. The molecule has 4 aliphatic rings. The maximum Gasteiger partial charge on any atom is 0.573 e. The van der Waals surface area contributed by atoms with E-state index in [0.29, 0.717) is 53.0 Å². The summed E-state index contributed by atoms with van der Waals surface area (Å²) in [4.78, 5) is 34.5. The highest BCUT2D eigenvalue weighted by molar-refractivity contribution is 6.31. The summed E-state index contributed by atoms with van der Waals surface area (Å²) in [6.45, 7) is 2.40. The monoisotopic (exact) mass is 718 g/mol. The molecule has 2 fully saturated rings. The molecule has 1 N–H and O–H groups in total. The van der Waals surface area contributed by atoms with Crippen LogP contribution in [-0.4, -0.2) is 51.9 Å². The van der Waals surface area contributed by atoms with Gasteiger partial charge in [-0.25, -0.2) is 14.2 Å². The molecular formula is C35H32Cl2F4N4O4. The normalized spacial score (nSPS) is 24.3. The van der Waals surface area contributed by atoms with Gasteiger partial charge in [0.1, 0.15) is 28.5 Å². The minimum Gasteiger partial charge on any atom is -0.462 e. The van der Waals surface area contributed by atoms with Crippen LogP contribution in [0.4, 0.5) is 23.2 Å². The van der Waals surface area contributed by atoms with Crippen LogP contribution in [0, 0.1) is 11.7 Å². The number of alkyl halides is 3. The Morgan fingerprint density at radius 2 is 1.90 bits per heavy atom. The molecule has 1 saturated heterocycles. The number of carbonyl (C=O) groups excluding carboxylic acids is 2. The number of ether oxygens (including phenoxy) is 2. The number of aromatic nitrogens is 2. The number of fused-ring (bicyclic) bond motifs is 7. The number of benzene rings is 3. The van der Waals surface area contributed by atoms with Crippen molar-refractivity contribution in [3.63, 3.8) is 0 Å². The van der Waals surface area contributed by atoms with E-state index in [1.165, 1.54) is 12.1 Å². The summed E-state index contributed by atoms with van der Waals surface area (Å²) in [6.07, 6.45) is -2.60.